The summed E-state index contributed by atoms with van der Waals surface area (Å²) in [4.78, 5) is 29.9. The fourth-order valence-electron chi connectivity index (χ4n) is 3.65. The zero-order valence-electron chi connectivity index (χ0n) is 18.0. The standard InChI is InChI=1S/C24H20N2O5S2/c1-14(27)16-4-6-19(29-2)17(10-16)12-33-24-25-18-7-8-32-22(18)23(28)26(24)11-15-3-5-20-21(9-15)31-13-30-20/h3-10H,11-13H2,1-2H3. The van der Waals surface area contributed by atoms with Gasteiger partial charge in [0.1, 0.15) is 10.4 Å². The maximum Gasteiger partial charge on any atom is 0.272 e. The number of ketones is 1. The normalized spacial score (nSPS) is 12.3. The molecule has 4 aromatic rings. The number of thioether (sulfide) groups is 1. The number of aromatic nitrogens is 2. The van der Waals surface area contributed by atoms with Crippen LogP contribution in [0.15, 0.2) is 57.8 Å². The van der Waals surface area contributed by atoms with Gasteiger partial charge in [-0.05, 0) is 54.3 Å². The number of ether oxygens (including phenoxy) is 3. The van der Waals surface area contributed by atoms with E-state index >= 15 is 0 Å². The van der Waals surface area contributed by atoms with Crippen molar-refractivity contribution in [2.24, 2.45) is 0 Å². The van der Waals surface area contributed by atoms with E-state index in [2.05, 4.69) is 0 Å². The molecular weight excluding hydrogens is 460 g/mol. The minimum atomic E-state index is -0.0837. The molecule has 7 nitrogen and oxygen atoms in total. The molecule has 3 heterocycles. The van der Waals surface area contributed by atoms with Crippen LogP contribution in [0, 0.1) is 0 Å². The smallest absolute Gasteiger partial charge is 0.272 e. The molecule has 1 aliphatic rings. The Kier molecular flexibility index (Phi) is 5.82. The summed E-state index contributed by atoms with van der Waals surface area (Å²) in [6.45, 7) is 2.08. The number of rotatable bonds is 7. The molecule has 0 atom stereocenters. The molecule has 0 bridgehead atoms. The van der Waals surface area contributed by atoms with Gasteiger partial charge >= 0.3 is 0 Å². The van der Waals surface area contributed by atoms with E-state index in [1.54, 1.807) is 23.8 Å². The summed E-state index contributed by atoms with van der Waals surface area (Å²) in [5.74, 6) is 2.54. The number of carbonyl (C=O) groups excluding carboxylic acids is 1. The van der Waals surface area contributed by atoms with Gasteiger partial charge in [0.25, 0.3) is 5.56 Å². The molecule has 0 N–H and O–H groups in total. The van der Waals surface area contributed by atoms with Crippen LogP contribution in [0.25, 0.3) is 10.2 Å². The topological polar surface area (TPSA) is 79.7 Å². The van der Waals surface area contributed by atoms with Gasteiger partial charge in [-0.2, -0.15) is 0 Å². The van der Waals surface area contributed by atoms with Gasteiger partial charge in [0, 0.05) is 16.9 Å². The third-order valence-corrected chi connectivity index (χ3v) is 7.27. The van der Waals surface area contributed by atoms with Crippen molar-refractivity contribution < 1.29 is 19.0 Å². The van der Waals surface area contributed by atoms with E-state index in [9.17, 15) is 9.59 Å². The summed E-state index contributed by atoms with van der Waals surface area (Å²) >= 11 is 2.82. The molecule has 1 aliphatic heterocycles. The van der Waals surface area contributed by atoms with Crippen LogP contribution in [0.2, 0.25) is 0 Å². The Hall–Kier alpha value is -3.30. The van der Waals surface area contributed by atoms with Crippen LogP contribution in [0.3, 0.4) is 0 Å². The highest BCUT2D eigenvalue weighted by Gasteiger charge is 2.17. The number of nitrogens with zero attached hydrogens (tertiary/aromatic N) is 2. The van der Waals surface area contributed by atoms with Gasteiger partial charge in [0.2, 0.25) is 6.79 Å². The summed E-state index contributed by atoms with van der Waals surface area (Å²) in [5, 5.41) is 2.47. The van der Waals surface area contributed by atoms with Gasteiger partial charge in [0.05, 0.1) is 19.2 Å². The lowest BCUT2D eigenvalue weighted by Gasteiger charge is -2.14. The van der Waals surface area contributed by atoms with Crippen LogP contribution < -0.4 is 19.8 Å². The number of Topliss-reactive ketones (excluding diaryl/α,β-unsaturated/α-hetero) is 1. The lowest BCUT2D eigenvalue weighted by molar-refractivity contribution is 0.101. The predicted octanol–water partition coefficient (Wildman–Crippen LogP) is 4.74. The van der Waals surface area contributed by atoms with Crippen LogP contribution in [0.5, 0.6) is 17.2 Å². The quantitative estimate of drug-likeness (QED) is 0.215. The third kappa shape index (κ3) is 4.21. The lowest BCUT2D eigenvalue weighted by atomic mass is 10.1. The van der Waals surface area contributed by atoms with Crippen molar-refractivity contribution in [3.63, 3.8) is 0 Å². The molecule has 0 spiro atoms. The highest BCUT2D eigenvalue weighted by molar-refractivity contribution is 7.98. The van der Waals surface area contributed by atoms with E-state index in [4.69, 9.17) is 19.2 Å². The Balaban J connectivity index is 1.51. The maximum absolute atomic E-state index is 13.3. The molecule has 0 saturated heterocycles. The minimum Gasteiger partial charge on any atom is -0.496 e. The van der Waals surface area contributed by atoms with Gasteiger partial charge in [0.15, 0.2) is 22.4 Å². The first-order chi connectivity index (χ1) is 16.0. The van der Waals surface area contributed by atoms with E-state index in [0.29, 0.717) is 50.5 Å². The first kappa shape index (κ1) is 21.5. The maximum atomic E-state index is 13.3. The van der Waals surface area contributed by atoms with Crippen molar-refractivity contribution >= 4 is 39.1 Å². The SMILES string of the molecule is COc1ccc(C(C)=O)cc1CSc1nc2ccsc2c(=O)n1Cc1ccc2c(c1)OCO2. The summed E-state index contributed by atoms with van der Waals surface area (Å²) in [6, 6.07) is 12.9. The zero-order valence-corrected chi connectivity index (χ0v) is 19.6. The monoisotopic (exact) mass is 480 g/mol. The van der Waals surface area contributed by atoms with Crippen molar-refractivity contribution in [1.29, 1.82) is 0 Å². The first-order valence-electron chi connectivity index (χ1n) is 10.2. The van der Waals surface area contributed by atoms with E-state index in [1.807, 2.05) is 35.7 Å². The second-order valence-corrected chi connectivity index (χ2v) is 9.34. The Bertz CT molecular complexity index is 1430. The van der Waals surface area contributed by atoms with Crippen molar-refractivity contribution in [3.8, 4) is 17.2 Å². The number of carbonyl (C=O) groups is 1. The lowest BCUT2D eigenvalue weighted by Crippen LogP contribution is -2.23. The molecule has 0 unspecified atom stereocenters. The fraction of sp³-hybridized carbons (Fsp3) is 0.208. The highest BCUT2D eigenvalue weighted by Crippen LogP contribution is 2.34. The van der Waals surface area contributed by atoms with Gasteiger partial charge < -0.3 is 14.2 Å². The Morgan fingerprint density at radius 2 is 2.03 bits per heavy atom. The number of methoxy groups -OCH3 is 1. The molecule has 0 saturated carbocycles. The van der Waals surface area contributed by atoms with Crippen LogP contribution in [-0.4, -0.2) is 29.2 Å². The fourth-order valence-corrected chi connectivity index (χ4v) is 5.40. The molecular formula is C24H20N2O5S2. The second kappa shape index (κ2) is 8.92. The largest absolute Gasteiger partial charge is 0.496 e. The Labute approximate surface area is 197 Å². The second-order valence-electron chi connectivity index (χ2n) is 7.48. The number of thiophene rings is 1. The summed E-state index contributed by atoms with van der Waals surface area (Å²) in [5.41, 5.74) is 2.99. The highest BCUT2D eigenvalue weighted by atomic mass is 32.2. The average molecular weight is 481 g/mol. The molecule has 33 heavy (non-hydrogen) atoms. The first-order valence-corrected chi connectivity index (χ1v) is 12.1. The van der Waals surface area contributed by atoms with Crippen LogP contribution in [0.4, 0.5) is 0 Å². The van der Waals surface area contributed by atoms with Crippen molar-refractivity contribution in [2.45, 2.75) is 24.4 Å². The summed E-state index contributed by atoms with van der Waals surface area (Å²) in [6.07, 6.45) is 0. The van der Waals surface area contributed by atoms with Gasteiger partial charge in [-0.15, -0.1) is 11.3 Å². The zero-order chi connectivity index (χ0) is 22.9. The Morgan fingerprint density at radius 3 is 2.85 bits per heavy atom. The average Bonchev–Trinajstić information content (AvgIpc) is 3.48. The summed E-state index contributed by atoms with van der Waals surface area (Å²) < 4.78 is 18.7. The third-order valence-electron chi connectivity index (χ3n) is 5.35. The molecule has 2 aromatic heterocycles. The van der Waals surface area contributed by atoms with Crippen molar-refractivity contribution in [1.82, 2.24) is 9.55 Å². The van der Waals surface area contributed by atoms with E-state index in [0.717, 1.165) is 11.1 Å². The number of hydrogen-bond acceptors (Lipinski definition) is 8. The number of hydrogen-bond donors (Lipinski definition) is 0. The van der Waals surface area contributed by atoms with Crippen LogP contribution in [-0.2, 0) is 12.3 Å². The van der Waals surface area contributed by atoms with Crippen LogP contribution >= 0.6 is 23.1 Å². The van der Waals surface area contributed by atoms with Crippen molar-refractivity contribution in [2.75, 3.05) is 13.9 Å². The Morgan fingerprint density at radius 1 is 1.18 bits per heavy atom. The predicted molar refractivity (Wildman–Crippen MR) is 128 cm³/mol. The molecule has 0 fully saturated rings. The number of fused-ring (bicyclic) bond motifs is 2. The van der Waals surface area contributed by atoms with Crippen LogP contribution in [0.1, 0.15) is 28.4 Å². The molecule has 9 heteroatoms. The van der Waals surface area contributed by atoms with E-state index in [1.165, 1.54) is 30.0 Å². The van der Waals surface area contributed by atoms with Gasteiger partial charge in [-0.1, -0.05) is 17.8 Å². The minimum absolute atomic E-state index is 0.0126. The summed E-state index contributed by atoms with van der Waals surface area (Å²) in [7, 11) is 1.60. The molecule has 5 rings (SSSR count). The molecule has 0 aliphatic carbocycles. The molecule has 0 amide bonds. The molecule has 0 radical (unpaired) electrons. The van der Waals surface area contributed by atoms with E-state index in [-0.39, 0.29) is 18.1 Å². The molecule has 168 valence electrons. The number of benzene rings is 2. The van der Waals surface area contributed by atoms with Crippen molar-refractivity contribution in [3.05, 3.63) is 74.9 Å². The van der Waals surface area contributed by atoms with E-state index < -0.39 is 0 Å². The van der Waals surface area contributed by atoms with Gasteiger partial charge in [-0.25, -0.2) is 4.98 Å². The van der Waals surface area contributed by atoms with Gasteiger partial charge in [-0.3, -0.25) is 14.2 Å². The molecule has 2 aromatic carbocycles.